The molecule has 1 aliphatic heterocycles. The lowest BCUT2D eigenvalue weighted by atomic mass is 10.1. The number of phenols is 1. The van der Waals surface area contributed by atoms with Crippen LogP contribution in [0.2, 0.25) is 0 Å². The van der Waals surface area contributed by atoms with E-state index in [0.29, 0.717) is 16.6 Å². The van der Waals surface area contributed by atoms with Crippen LogP contribution in [0.5, 0.6) is 11.5 Å². The van der Waals surface area contributed by atoms with Crippen LogP contribution >= 0.6 is 15.9 Å². The number of halogens is 1. The van der Waals surface area contributed by atoms with E-state index in [2.05, 4.69) is 20.8 Å². The van der Waals surface area contributed by atoms with E-state index in [9.17, 15) is 14.7 Å². The van der Waals surface area contributed by atoms with Crippen LogP contribution in [-0.4, -0.2) is 42.1 Å². The Kier molecular flexibility index (Phi) is 4.41. The molecule has 2 amide bonds. The molecular weight excluding hydrogens is 348 g/mol. The number of rotatable bonds is 4. The van der Waals surface area contributed by atoms with Gasteiger partial charge in [0.25, 0.3) is 0 Å². The molecule has 1 aliphatic rings. The number of carbonyl (C=O) groups excluding carboxylic acids is 2. The van der Waals surface area contributed by atoms with Crippen LogP contribution in [0.3, 0.4) is 0 Å². The maximum atomic E-state index is 11.5. The van der Waals surface area contributed by atoms with Crippen LogP contribution in [0.25, 0.3) is 0 Å². The SMILES string of the molecule is COc1cc(CC2COC(=O)N2OC(N)=O)c(Br)cc1O. The standard InChI is InChI=1S/C12H13BrN2O6/c1-19-10-3-6(8(13)4-9(10)16)2-7-5-20-12(18)15(7)21-11(14)17/h3-4,7,16H,2,5H2,1H3,(H2,14,17). The number of hydrogen-bond donors (Lipinski definition) is 2. The summed E-state index contributed by atoms with van der Waals surface area (Å²) in [6.07, 6.45) is -1.56. The van der Waals surface area contributed by atoms with Crippen molar-refractivity contribution in [2.24, 2.45) is 5.73 Å². The highest BCUT2D eigenvalue weighted by Gasteiger charge is 2.36. The maximum Gasteiger partial charge on any atom is 0.443 e. The van der Waals surface area contributed by atoms with Gasteiger partial charge in [0.15, 0.2) is 11.5 Å². The molecule has 0 saturated carbocycles. The van der Waals surface area contributed by atoms with Crippen LogP contribution < -0.4 is 10.5 Å². The van der Waals surface area contributed by atoms with Gasteiger partial charge in [0.05, 0.1) is 7.11 Å². The summed E-state index contributed by atoms with van der Waals surface area (Å²) in [5.41, 5.74) is 5.65. The fourth-order valence-corrected chi connectivity index (χ4v) is 2.45. The van der Waals surface area contributed by atoms with Crippen LogP contribution in [-0.2, 0) is 16.0 Å². The first-order chi connectivity index (χ1) is 9.92. The van der Waals surface area contributed by atoms with E-state index >= 15 is 0 Å². The lowest BCUT2D eigenvalue weighted by Gasteiger charge is -2.19. The second-order valence-corrected chi connectivity index (χ2v) is 5.14. The number of cyclic esters (lactones) is 1. The van der Waals surface area contributed by atoms with Gasteiger partial charge in [-0.05, 0) is 17.7 Å². The van der Waals surface area contributed by atoms with Crippen molar-refractivity contribution in [1.82, 2.24) is 5.06 Å². The fraction of sp³-hybridized carbons (Fsp3) is 0.333. The van der Waals surface area contributed by atoms with Crippen molar-refractivity contribution in [3.05, 3.63) is 22.2 Å². The van der Waals surface area contributed by atoms with E-state index in [1.165, 1.54) is 13.2 Å². The van der Waals surface area contributed by atoms with Gasteiger partial charge in [-0.3, -0.25) is 0 Å². The highest BCUT2D eigenvalue weighted by Crippen LogP contribution is 2.33. The number of phenolic OH excluding ortho intramolecular Hbond substituents is 1. The molecule has 0 radical (unpaired) electrons. The molecule has 1 saturated heterocycles. The van der Waals surface area contributed by atoms with E-state index in [4.69, 9.17) is 15.2 Å². The Morgan fingerprint density at radius 2 is 2.33 bits per heavy atom. The number of hydroxylamine groups is 2. The molecule has 9 heteroatoms. The molecule has 0 bridgehead atoms. The maximum absolute atomic E-state index is 11.5. The van der Waals surface area contributed by atoms with E-state index in [0.717, 1.165) is 10.6 Å². The van der Waals surface area contributed by atoms with Gasteiger partial charge in [-0.1, -0.05) is 15.9 Å². The van der Waals surface area contributed by atoms with Gasteiger partial charge in [-0.15, -0.1) is 5.06 Å². The van der Waals surface area contributed by atoms with Crippen LogP contribution in [0.1, 0.15) is 5.56 Å². The minimum Gasteiger partial charge on any atom is -0.504 e. The molecule has 114 valence electrons. The summed E-state index contributed by atoms with van der Waals surface area (Å²) >= 11 is 3.31. The molecule has 0 aromatic heterocycles. The Morgan fingerprint density at radius 1 is 1.62 bits per heavy atom. The van der Waals surface area contributed by atoms with Crippen molar-refractivity contribution in [3.8, 4) is 11.5 Å². The molecule has 0 aliphatic carbocycles. The van der Waals surface area contributed by atoms with E-state index in [1.807, 2.05) is 0 Å². The van der Waals surface area contributed by atoms with Gasteiger partial charge in [-0.25, -0.2) is 9.59 Å². The fourth-order valence-electron chi connectivity index (χ4n) is 1.96. The Hall–Kier alpha value is -2.16. The summed E-state index contributed by atoms with van der Waals surface area (Å²) in [5.74, 6) is 0.276. The number of nitrogens with two attached hydrogens (primary N) is 1. The first-order valence-corrected chi connectivity index (χ1v) is 6.70. The molecule has 1 heterocycles. The zero-order valence-electron chi connectivity index (χ0n) is 11.0. The molecule has 3 N–H and O–H groups in total. The summed E-state index contributed by atoms with van der Waals surface area (Å²) in [4.78, 5) is 26.9. The minimum atomic E-state index is -1.10. The summed E-state index contributed by atoms with van der Waals surface area (Å²) in [6.45, 7) is 0.0573. The van der Waals surface area contributed by atoms with Crippen molar-refractivity contribution in [2.45, 2.75) is 12.5 Å². The van der Waals surface area contributed by atoms with Crippen molar-refractivity contribution in [2.75, 3.05) is 13.7 Å². The molecule has 1 aromatic carbocycles. The lowest BCUT2D eigenvalue weighted by Crippen LogP contribution is -2.38. The summed E-state index contributed by atoms with van der Waals surface area (Å²) in [7, 11) is 1.43. The first-order valence-electron chi connectivity index (χ1n) is 5.91. The van der Waals surface area contributed by atoms with Crippen molar-refractivity contribution in [1.29, 1.82) is 0 Å². The minimum absolute atomic E-state index is 0.0166. The number of nitrogens with zero attached hydrogens (tertiary/aromatic N) is 1. The van der Waals surface area contributed by atoms with Gasteiger partial charge in [-0.2, -0.15) is 0 Å². The Labute approximate surface area is 128 Å². The third kappa shape index (κ3) is 3.30. The van der Waals surface area contributed by atoms with E-state index in [-0.39, 0.29) is 12.4 Å². The predicted octanol–water partition coefficient (Wildman–Crippen LogP) is 1.54. The molecule has 1 unspecified atom stereocenters. The summed E-state index contributed by atoms with van der Waals surface area (Å²) < 4.78 is 10.5. The lowest BCUT2D eigenvalue weighted by molar-refractivity contribution is -0.0683. The quantitative estimate of drug-likeness (QED) is 0.842. The Balaban J connectivity index is 2.20. The molecule has 1 atom stereocenters. The Bertz CT molecular complexity index is 579. The Morgan fingerprint density at radius 3 is 2.95 bits per heavy atom. The number of benzene rings is 1. The van der Waals surface area contributed by atoms with E-state index < -0.39 is 18.2 Å². The predicted molar refractivity (Wildman–Crippen MR) is 73.7 cm³/mol. The van der Waals surface area contributed by atoms with Crippen LogP contribution in [0.4, 0.5) is 9.59 Å². The normalized spacial score (nSPS) is 17.5. The number of ether oxygens (including phenoxy) is 2. The van der Waals surface area contributed by atoms with Crippen molar-refractivity contribution in [3.63, 3.8) is 0 Å². The van der Waals surface area contributed by atoms with Crippen molar-refractivity contribution >= 4 is 28.1 Å². The van der Waals surface area contributed by atoms with E-state index in [1.54, 1.807) is 6.07 Å². The zero-order chi connectivity index (χ0) is 15.6. The summed E-state index contributed by atoms with van der Waals surface area (Å²) in [5, 5.41) is 10.5. The topological polar surface area (TPSA) is 111 Å². The second-order valence-electron chi connectivity index (χ2n) is 4.29. The van der Waals surface area contributed by atoms with Crippen molar-refractivity contribution < 1.29 is 29.0 Å². The molecule has 2 rings (SSSR count). The average molecular weight is 361 g/mol. The van der Waals surface area contributed by atoms with Gasteiger partial charge >= 0.3 is 12.2 Å². The smallest absolute Gasteiger partial charge is 0.443 e. The van der Waals surface area contributed by atoms with Crippen LogP contribution in [0, 0.1) is 0 Å². The number of aromatic hydroxyl groups is 1. The number of carbonyl (C=O) groups is 2. The number of primary amides is 1. The average Bonchev–Trinajstić information content (AvgIpc) is 2.74. The molecule has 1 fully saturated rings. The monoisotopic (exact) mass is 360 g/mol. The van der Waals surface area contributed by atoms with Gasteiger partial charge in [0.1, 0.15) is 12.6 Å². The van der Waals surface area contributed by atoms with Crippen LogP contribution in [0.15, 0.2) is 16.6 Å². The number of amides is 2. The molecule has 8 nitrogen and oxygen atoms in total. The first kappa shape index (κ1) is 15.2. The molecule has 21 heavy (non-hydrogen) atoms. The molecular formula is C12H13BrN2O6. The van der Waals surface area contributed by atoms with Gasteiger partial charge in [0.2, 0.25) is 0 Å². The third-order valence-corrected chi connectivity index (χ3v) is 3.64. The third-order valence-electron chi connectivity index (χ3n) is 2.90. The summed E-state index contributed by atoms with van der Waals surface area (Å²) in [6, 6.07) is 2.57. The largest absolute Gasteiger partial charge is 0.504 e. The second kappa shape index (κ2) is 6.08. The zero-order valence-corrected chi connectivity index (χ0v) is 12.6. The van der Waals surface area contributed by atoms with Gasteiger partial charge < -0.3 is 25.2 Å². The number of hydrogen-bond acceptors (Lipinski definition) is 6. The molecule has 0 spiro atoms. The highest BCUT2D eigenvalue weighted by atomic mass is 79.9. The number of methoxy groups -OCH3 is 1. The molecule has 1 aromatic rings. The highest BCUT2D eigenvalue weighted by molar-refractivity contribution is 9.10. The van der Waals surface area contributed by atoms with Gasteiger partial charge in [0, 0.05) is 10.9 Å².